The van der Waals surface area contributed by atoms with Crippen LogP contribution in [0.25, 0.3) is 0 Å². The monoisotopic (exact) mass is 244 g/mol. The molecule has 0 unspecified atom stereocenters. The van der Waals surface area contributed by atoms with Crippen LogP contribution < -0.4 is 5.32 Å². The van der Waals surface area contributed by atoms with Crippen molar-refractivity contribution in [1.82, 2.24) is 9.62 Å². The summed E-state index contributed by atoms with van der Waals surface area (Å²) in [7, 11) is -3.12. The quantitative estimate of drug-likeness (QED) is 0.725. The van der Waals surface area contributed by atoms with Crippen molar-refractivity contribution in [1.29, 1.82) is 0 Å². The van der Waals surface area contributed by atoms with Crippen LogP contribution in [-0.4, -0.2) is 43.6 Å². The second-order valence-electron chi connectivity index (χ2n) is 4.61. The minimum Gasteiger partial charge on any atom is -0.317 e. The van der Waals surface area contributed by atoms with E-state index >= 15 is 0 Å². The van der Waals surface area contributed by atoms with Crippen molar-refractivity contribution in [3.63, 3.8) is 0 Å². The average molecular weight is 244 g/mol. The van der Waals surface area contributed by atoms with Crippen LogP contribution in [0.3, 0.4) is 0 Å². The maximum Gasteiger partial charge on any atom is 0.218 e. The second kappa shape index (κ2) is 4.85. The molecule has 0 bridgehead atoms. The molecule has 16 heavy (non-hydrogen) atoms. The fourth-order valence-electron chi connectivity index (χ4n) is 2.38. The lowest BCUT2D eigenvalue weighted by atomic mass is 10.1. The van der Waals surface area contributed by atoms with Gasteiger partial charge in [-0.15, -0.1) is 6.58 Å². The van der Waals surface area contributed by atoms with Crippen molar-refractivity contribution in [2.45, 2.75) is 37.8 Å². The van der Waals surface area contributed by atoms with E-state index in [4.69, 9.17) is 0 Å². The van der Waals surface area contributed by atoms with E-state index in [9.17, 15) is 8.42 Å². The molecule has 1 aliphatic carbocycles. The van der Waals surface area contributed by atoms with Gasteiger partial charge in [0.25, 0.3) is 0 Å². The first-order valence-corrected chi connectivity index (χ1v) is 7.59. The van der Waals surface area contributed by atoms with Crippen molar-refractivity contribution in [2.75, 3.05) is 18.8 Å². The van der Waals surface area contributed by atoms with Gasteiger partial charge < -0.3 is 5.32 Å². The molecule has 0 spiro atoms. The maximum atomic E-state index is 12.1. The molecule has 1 N–H and O–H groups in total. The molecule has 2 fully saturated rings. The molecule has 0 aromatic heterocycles. The van der Waals surface area contributed by atoms with Gasteiger partial charge in [-0.2, -0.15) is 4.31 Å². The Bertz CT molecular complexity index is 343. The average Bonchev–Trinajstić information content (AvgIpc) is 3.03. The fourth-order valence-corrected chi connectivity index (χ4v) is 4.18. The summed E-state index contributed by atoms with van der Waals surface area (Å²) in [6, 6.07) is 0.478. The molecule has 0 atom stereocenters. The Hall–Kier alpha value is -0.390. The summed E-state index contributed by atoms with van der Waals surface area (Å²) in [4.78, 5) is 0. The predicted octanol–water partition coefficient (Wildman–Crippen LogP) is 0.719. The van der Waals surface area contributed by atoms with Crippen LogP contribution in [0.2, 0.25) is 0 Å². The van der Waals surface area contributed by atoms with Crippen LogP contribution in [0.5, 0.6) is 0 Å². The highest BCUT2D eigenvalue weighted by Gasteiger charge is 2.41. The molecule has 4 nitrogen and oxygen atoms in total. The summed E-state index contributed by atoms with van der Waals surface area (Å²) < 4.78 is 26.1. The van der Waals surface area contributed by atoms with E-state index in [-0.39, 0.29) is 17.8 Å². The highest BCUT2D eigenvalue weighted by Crippen LogP contribution is 2.33. The summed E-state index contributed by atoms with van der Waals surface area (Å²) >= 11 is 0. The molecule has 2 rings (SSSR count). The molecular weight excluding hydrogens is 224 g/mol. The van der Waals surface area contributed by atoms with Crippen LogP contribution in [0, 0.1) is 0 Å². The van der Waals surface area contributed by atoms with Crippen molar-refractivity contribution in [2.24, 2.45) is 0 Å². The first-order chi connectivity index (χ1) is 7.65. The Morgan fingerprint density at radius 1 is 1.19 bits per heavy atom. The Kier molecular flexibility index (Phi) is 3.66. The lowest BCUT2D eigenvalue weighted by molar-refractivity contribution is 0.256. The number of piperidine rings is 1. The van der Waals surface area contributed by atoms with Crippen LogP contribution in [0.15, 0.2) is 12.7 Å². The minimum atomic E-state index is -3.12. The zero-order valence-corrected chi connectivity index (χ0v) is 10.4. The number of hydrogen-bond donors (Lipinski definition) is 1. The van der Waals surface area contributed by atoms with Gasteiger partial charge in [0.15, 0.2) is 0 Å². The molecular formula is C11H20N2O2S. The van der Waals surface area contributed by atoms with E-state index in [1.165, 1.54) is 6.08 Å². The van der Waals surface area contributed by atoms with Crippen LogP contribution in [0.1, 0.15) is 25.7 Å². The largest absolute Gasteiger partial charge is 0.317 e. The third-order valence-corrected chi connectivity index (χ3v) is 5.12. The lowest BCUT2D eigenvalue weighted by Crippen LogP contribution is -2.47. The van der Waals surface area contributed by atoms with E-state index in [0.717, 1.165) is 38.8 Å². The summed E-state index contributed by atoms with van der Waals surface area (Å²) in [5, 5.41) is 3.27. The topological polar surface area (TPSA) is 49.4 Å². The Morgan fingerprint density at radius 3 is 2.25 bits per heavy atom. The van der Waals surface area contributed by atoms with E-state index in [0.29, 0.717) is 0 Å². The fraction of sp³-hybridized carbons (Fsp3) is 0.818. The van der Waals surface area contributed by atoms with Gasteiger partial charge in [-0.05, 0) is 38.8 Å². The molecule has 0 amide bonds. The molecule has 1 saturated carbocycles. The number of nitrogens with one attached hydrogen (secondary N) is 1. The van der Waals surface area contributed by atoms with E-state index in [2.05, 4.69) is 11.9 Å². The smallest absolute Gasteiger partial charge is 0.218 e. The maximum absolute atomic E-state index is 12.1. The molecule has 1 heterocycles. The molecule has 0 radical (unpaired) electrons. The van der Waals surface area contributed by atoms with Crippen molar-refractivity contribution < 1.29 is 8.42 Å². The lowest BCUT2D eigenvalue weighted by Gasteiger charge is -2.33. The highest BCUT2D eigenvalue weighted by atomic mass is 32.2. The Balaban J connectivity index is 2.12. The van der Waals surface area contributed by atoms with Gasteiger partial charge in [0.05, 0.1) is 5.75 Å². The standard InChI is InChI=1S/C11H20N2O2S/c1-2-9-16(14,15)13(10-3-4-10)11-5-7-12-8-6-11/h2,10-12H,1,3-9H2. The number of sulfonamides is 1. The van der Waals surface area contributed by atoms with Gasteiger partial charge in [-0.3, -0.25) is 0 Å². The molecule has 5 heteroatoms. The van der Waals surface area contributed by atoms with E-state index in [1.807, 2.05) is 0 Å². The first-order valence-electron chi connectivity index (χ1n) is 5.98. The van der Waals surface area contributed by atoms with Crippen molar-refractivity contribution in [3.8, 4) is 0 Å². The summed E-state index contributed by atoms with van der Waals surface area (Å²) in [6.45, 7) is 5.39. The van der Waals surface area contributed by atoms with Gasteiger partial charge in [0.2, 0.25) is 10.0 Å². The van der Waals surface area contributed by atoms with Gasteiger partial charge in [-0.25, -0.2) is 8.42 Å². The summed E-state index contributed by atoms with van der Waals surface area (Å²) in [5.41, 5.74) is 0. The van der Waals surface area contributed by atoms with Crippen LogP contribution in [-0.2, 0) is 10.0 Å². The minimum absolute atomic E-state index is 0.0768. The second-order valence-corrected chi connectivity index (χ2v) is 6.53. The number of rotatable bonds is 5. The van der Waals surface area contributed by atoms with Gasteiger partial charge >= 0.3 is 0 Å². The summed E-state index contributed by atoms with van der Waals surface area (Å²) in [6.07, 6.45) is 5.42. The first kappa shape index (κ1) is 12.1. The normalized spacial score (nSPS) is 23.6. The zero-order chi connectivity index (χ0) is 11.6. The summed E-state index contributed by atoms with van der Waals surface area (Å²) in [5.74, 6) is 0.0768. The molecule has 2 aliphatic rings. The van der Waals surface area contributed by atoms with Gasteiger partial charge in [0, 0.05) is 12.1 Å². The van der Waals surface area contributed by atoms with Crippen molar-refractivity contribution in [3.05, 3.63) is 12.7 Å². The SMILES string of the molecule is C=CCS(=O)(=O)N(C1CCNCC1)C1CC1. The van der Waals surface area contributed by atoms with Crippen LogP contribution in [0.4, 0.5) is 0 Å². The van der Waals surface area contributed by atoms with Crippen molar-refractivity contribution >= 4 is 10.0 Å². The molecule has 0 aromatic carbocycles. The van der Waals surface area contributed by atoms with E-state index < -0.39 is 10.0 Å². The molecule has 1 saturated heterocycles. The number of nitrogens with zero attached hydrogens (tertiary/aromatic N) is 1. The molecule has 0 aromatic rings. The highest BCUT2D eigenvalue weighted by molar-refractivity contribution is 7.89. The predicted molar refractivity (Wildman–Crippen MR) is 64.7 cm³/mol. The number of hydrogen-bond acceptors (Lipinski definition) is 3. The van der Waals surface area contributed by atoms with E-state index in [1.54, 1.807) is 4.31 Å². The molecule has 1 aliphatic heterocycles. The van der Waals surface area contributed by atoms with Gasteiger partial charge in [-0.1, -0.05) is 6.08 Å². The Labute approximate surface area is 97.8 Å². The third kappa shape index (κ3) is 2.64. The third-order valence-electron chi connectivity index (χ3n) is 3.23. The van der Waals surface area contributed by atoms with Crippen LogP contribution >= 0.6 is 0 Å². The molecule has 92 valence electrons. The zero-order valence-electron chi connectivity index (χ0n) is 9.56. The van der Waals surface area contributed by atoms with Gasteiger partial charge in [0.1, 0.15) is 0 Å². The Morgan fingerprint density at radius 2 is 1.75 bits per heavy atom.